The van der Waals surface area contributed by atoms with Crippen molar-refractivity contribution in [2.75, 3.05) is 30.4 Å². The third kappa shape index (κ3) is 5.62. The van der Waals surface area contributed by atoms with E-state index in [1.54, 1.807) is 7.11 Å². The van der Waals surface area contributed by atoms with E-state index in [2.05, 4.69) is 22.3 Å². The Morgan fingerprint density at radius 3 is 2.38 bits per heavy atom. The highest BCUT2D eigenvalue weighted by Crippen LogP contribution is 2.37. The highest BCUT2D eigenvalue weighted by atomic mass is 35.5. The number of hydrogen-bond acceptors (Lipinski definition) is 4. The number of methoxy groups -OCH3 is 1. The summed E-state index contributed by atoms with van der Waals surface area (Å²) in [4.78, 5) is 2.37. The van der Waals surface area contributed by atoms with Gasteiger partial charge in [-0.1, -0.05) is 53.5 Å². The van der Waals surface area contributed by atoms with Crippen molar-refractivity contribution >= 4 is 34.6 Å². The lowest BCUT2D eigenvalue weighted by molar-refractivity contribution is 0.284. The Hall–Kier alpha value is -2.56. The molecule has 1 heterocycles. The minimum Gasteiger partial charge on any atom is -0.493 e. The number of rotatable bonds is 8. The lowest BCUT2D eigenvalue weighted by Crippen LogP contribution is -2.29. The van der Waals surface area contributed by atoms with Crippen LogP contribution in [0.5, 0.6) is 11.5 Å². The van der Waals surface area contributed by atoms with Crippen LogP contribution >= 0.6 is 23.2 Å². The number of piperidine rings is 1. The Bertz CT molecular complexity index is 1040. The smallest absolute Gasteiger partial charge is 0.180 e. The van der Waals surface area contributed by atoms with Gasteiger partial charge in [0.1, 0.15) is 6.61 Å². The molecule has 6 heteroatoms. The number of hydrogen-bond donors (Lipinski definition) is 1. The monoisotopic (exact) mass is 470 g/mol. The molecular formula is C26H28Cl2N2O2. The summed E-state index contributed by atoms with van der Waals surface area (Å²) in [7, 11) is 1.62. The number of nitrogens with one attached hydrogen (secondary N) is 1. The summed E-state index contributed by atoms with van der Waals surface area (Å²) in [5.41, 5.74) is 4.15. The predicted molar refractivity (Wildman–Crippen MR) is 134 cm³/mol. The zero-order valence-electron chi connectivity index (χ0n) is 18.2. The van der Waals surface area contributed by atoms with Crippen LogP contribution in [0.4, 0.5) is 11.4 Å². The Balaban J connectivity index is 1.42. The van der Waals surface area contributed by atoms with Crippen LogP contribution in [0.3, 0.4) is 0 Å². The lowest BCUT2D eigenvalue weighted by Gasteiger charge is -2.29. The van der Waals surface area contributed by atoms with E-state index < -0.39 is 0 Å². The maximum absolute atomic E-state index is 6.58. The molecule has 1 N–H and O–H groups in total. The SMILES string of the molecule is COc1cc(CNc2ccc(N3CCCCC3)c(Cl)c2)cc(Cl)c1OCc1ccccc1. The van der Waals surface area contributed by atoms with Gasteiger partial charge in [0.05, 0.1) is 22.8 Å². The highest BCUT2D eigenvalue weighted by molar-refractivity contribution is 6.33. The molecule has 4 nitrogen and oxygen atoms in total. The van der Waals surface area contributed by atoms with E-state index in [9.17, 15) is 0 Å². The maximum Gasteiger partial charge on any atom is 0.180 e. The summed E-state index contributed by atoms with van der Waals surface area (Å²) in [5, 5.41) is 4.73. The number of nitrogens with zero attached hydrogens (tertiary/aromatic N) is 1. The topological polar surface area (TPSA) is 33.7 Å². The fraction of sp³-hybridized carbons (Fsp3) is 0.308. The first kappa shape index (κ1) is 22.6. The van der Waals surface area contributed by atoms with E-state index in [4.69, 9.17) is 32.7 Å². The summed E-state index contributed by atoms with van der Waals surface area (Å²) < 4.78 is 11.5. The second kappa shape index (κ2) is 10.8. The molecule has 0 radical (unpaired) electrons. The molecule has 3 aromatic carbocycles. The Labute approximate surface area is 200 Å². The third-order valence-electron chi connectivity index (χ3n) is 5.66. The summed E-state index contributed by atoms with van der Waals surface area (Å²) in [5.74, 6) is 1.17. The fourth-order valence-corrected chi connectivity index (χ4v) is 4.55. The van der Waals surface area contributed by atoms with E-state index in [1.165, 1.54) is 19.3 Å². The van der Waals surface area contributed by atoms with Crippen molar-refractivity contribution in [3.05, 3.63) is 81.8 Å². The standard InChI is InChI=1S/C26H28Cl2N2O2/c1-31-25-15-20(14-23(28)26(25)32-18-19-8-4-2-5-9-19)17-29-21-10-11-24(22(27)16-21)30-12-6-3-7-13-30/h2,4-5,8-11,14-16,29H,3,6-7,12-13,17-18H2,1H3. The van der Waals surface area contributed by atoms with Gasteiger partial charge in [-0.05, 0) is 60.7 Å². The molecule has 0 saturated carbocycles. The summed E-state index contributed by atoms with van der Waals surface area (Å²) in [6, 6.07) is 20.0. The van der Waals surface area contributed by atoms with E-state index in [-0.39, 0.29) is 0 Å². The molecule has 0 amide bonds. The number of benzene rings is 3. The average Bonchev–Trinajstić information content (AvgIpc) is 2.83. The van der Waals surface area contributed by atoms with E-state index in [1.807, 2.05) is 48.5 Å². The van der Waals surface area contributed by atoms with Gasteiger partial charge in [-0.15, -0.1) is 0 Å². The zero-order chi connectivity index (χ0) is 22.3. The van der Waals surface area contributed by atoms with Crippen LogP contribution in [0, 0.1) is 0 Å². The van der Waals surface area contributed by atoms with Crippen molar-refractivity contribution in [2.24, 2.45) is 0 Å². The van der Waals surface area contributed by atoms with E-state index in [0.717, 1.165) is 40.6 Å². The molecule has 0 atom stereocenters. The van der Waals surface area contributed by atoms with E-state index >= 15 is 0 Å². The number of anilines is 2. The zero-order valence-corrected chi connectivity index (χ0v) is 19.8. The normalized spacial score (nSPS) is 13.7. The first-order chi connectivity index (χ1) is 15.6. The molecule has 168 valence electrons. The molecule has 4 rings (SSSR count). The average molecular weight is 471 g/mol. The van der Waals surface area contributed by atoms with Gasteiger partial charge in [0.2, 0.25) is 0 Å². The molecule has 1 saturated heterocycles. The van der Waals surface area contributed by atoms with Crippen LogP contribution in [0.2, 0.25) is 10.0 Å². The molecule has 0 bridgehead atoms. The highest BCUT2D eigenvalue weighted by Gasteiger charge is 2.15. The van der Waals surface area contributed by atoms with Gasteiger partial charge in [0, 0.05) is 25.3 Å². The van der Waals surface area contributed by atoms with Crippen LogP contribution in [0.25, 0.3) is 0 Å². The Morgan fingerprint density at radius 1 is 0.875 bits per heavy atom. The predicted octanol–water partition coefficient (Wildman–Crippen LogP) is 7.18. The van der Waals surface area contributed by atoms with Gasteiger partial charge in [0.25, 0.3) is 0 Å². The largest absolute Gasteiger partial charge is 0.493 e. The molecular weight excluding hydrogens is 443 g/mol. The van der Waals surface area contributed by atoms with E-state index in [0.29, 0.717) is 29.7 Å². The van der Waals surface area contributed by atoms with Crippen molar-refractivity contribution in [1.29, 1.82) is 0 Å². The molecule has 3 aromatic rings. The second-order valence-electron chi connectivity index (χ2n) is 7.95. The fourth-order valence-electron chi connectivity index (χ4n) is 3.96. The van der Waals surface area contributed by atoms with Crippen molar-refractivity contribution in [2.45, 2.75) is 32.4 Å². The molecule has 32 heavy (non-hydrogen) atoms. The van der Waals surface area contributed by atoms with Gasteiger partial charge < -0.3 is 19.7 Å². The lowest BCUT2D eigenvalue weighted by atomic mass is 10.1. The molecule has 1 fully saturated rings. The van der Waals surface area contributed by atoms with Crippen LogP contribution in [-0.4, -0.2) is 20.2 Å². The van der Waals surface area contributed by atoms with Gasteiger partial charge in [-0.2, -0.15) is 0 Å². The van der Waals surface area contributed by atoms with Crippen LogP contribution in [0.1, 0.15) is 30.4 Å². The number of ether oxygens (including phenoxy) is 2. The molecule has 0 aliphatic carbocycles. The molecule has 0 spiro atoms. The molecule has 1 aliphatic heterocycles. The minimum absolute atomic E-state index is 0.427. The first-order valence-electron chi connectivity index (χ1n) is 11.0. The van der Waals surface area contributed by atoms with Gasteiger partial charge in [-0.25, -0.2) is 0 Å². The summed E-state index contributed by atoms with van der Waals surface area (Å²) in [6.07, 6.45) is 3.75. The van der Waals surface area contributed by atoms with Crippen molar-refractivity contribution in [1.82, 2.24) is 0 Å². The van der Waals surface area contributed by atoms with Gasteiger partial charge in [-0.3, -0.25) is 0 Å². The van der Waals surface area contributed by atoms with Gasteiger partial charge >= 0.3 is 0 Å². The van der Waals surface area contributed by atoms with Crippen molar-refractivity contribution in [3.8, 4) is 11.5 Å². The third-order valence-corrected chi connectivity index (χ3v) is 6.24. The van der Waals surface area contributed by atoms with Crippen molar-refractivity contribution in [3.63, 3.8) is 0 Å². The van der Waals surface area contributed by atoms with Crippen LogP contribution < -0.4 is 19.7 Å². The molecule has 0 unspecified atom stereocenters. The number of halogens is 2. The van der Waals surface area contributed by atoms with Crippen LogP contribution in [0.15, 0.2) is 60.7 Å². The molecule has 0 aromatic heterocycles. The second-order valence-corrected chi connectivity index (χ2v) is 8.77. The summed E-state index contributed by atoms with van der Waals surface area (Å²) >= 11 is 13.1. The quantitative estimate of drug-likeness (QED) is 0.377. The van der Waals surface area contributed by atoms with Crippen molar-refractivity contribution < 1.29 is 9.47 Å². The Morgan fingerprint density at radius 2 is 1.66 bits per heavy atom. The minimum atomic E-state index is 0.427. The summed E-state index contributed by atoms with van der Waals surface area (Å²) in [6.45, 7) is 3.16. The van der Waals surface area contributed by atoms with Crippen LogP contribution in [-0.2, 0) is 13.2 Å². The van der Waals surface area contributed by atoms with Gasteiger partial charge in [0.15, 0.2) is 11.5 Å². The molecule has 1 aliphatic rings. The maximum atomic E-state index is 6.58. The first-order valence-corrected chi connectivity index (χ1v) is 11.7. The Kier molecular flexibility index (Phi) is 7.67.